The second-order valence-corrected chi connectivity index (χ2v) is 14.3. The van der Waals surface area contributed by atoms with Crippen LogP contribution in [-0.4, -0.2) is 38.3 Å². The summed E-state index contributed by atoms with van der Waals surface area (Å²) in [5.41, 5.74) is 8.43. The topological polar surface area (TPSA) is 70.7 Å². The highest BCUT2D eigenvalue weighted by molar-refractivity contribution is 5.81. The molecule has 0 N–H and O–H groups in total. The van der Waals surface area contributed by atoms with E-state index in [-0.39, 0.29) is 11.8 Å². The van der Waals surface area contributed by atoms with Gasteiger partial charge in [0.25, 0.3) is 0 Å². The number of benzene rings is 5. The molecule has 58 heavy (non-hydrogen) atoms. The number of nitrogens with zero attached hydrogens (tertiary/aromatic N) is 4. The molecule has 0 aliphatic rings. The number of aromatic nitrogens is 4. The van der Waals surface area contributed by atoms with E-state index in [1.807, 2.05) is 49.5 Å². The number of pyridine rings is 1. The van der Waals surface area contributed by atoms with Gasteiger partial charge >= 0.3 is 5.97 Å². The third-order valence-corrected chi connectivity index (χ3v) is 10.6. The summed E-state index contributed by atoms with van der Waals surface area (Å²) in [6, 6.07) is 50.1. The second kappa shape index (κ2) is 17.6. The maximum atomic E-state index is 14.4. The number of hydrogen-bond donors (Lipinski definition) is 0. The standard InChI is InChI=1S/C50H45FN4O3/c1-2-57-48(56)22-14-3-4-15-33-58-44-30-25-37(26-31-44)46-34-52-47-32-27-39(35-54(46)47)45-36-55(53-49(45)38-23-28-43(51)29-24-38)50(40-16-8-5-9-17-40,41-18-10-6-11-19-41)42-20-12-7-13-21-42/h5-13,16-21,23-32,34-36H,2-4,14-15,22,33H2,1H3. The molecule has 8 rings (SSSR count). The first-order chi connectivity index (χ1) is 28.5. The third-order valence-electron chi connectivity index (χ3n) is 10.6. The normalized spacial score (nSPS) is 11.5. The lowest BCUT2D eigenvalue weighted by Gasteiger charge is -2.36. The van der Waals surface area contributed by atoms with Gasteiger partial charge in [-0.25, -0.2) is 9.37 Å². The number of rotatable bonds is 16. The molecule has 3 aromatic heterocycles. The minimum atomic E-state index is -0.838. The first-order valence-electron chi connectivity index (χ1n) is 19.9. The Morgan fingerprint density at radius 2 is 1.24 bits per heavy atom. The number of imidazole rings is 1. The number of unbranched alkanes of at least 4 members (excludes halogenated alkanes) is 3. The molecule has 0 radical (unpaired) electrons. The Bertz CT molecular complexity index is 2470. The maximum absolute atomic E-state index is 14.4. The average Bonchev–Trinajstić information content (AvgIpc) is 3.91. The van der Waals surface area contributed by atoms with Gasteiger partial charge in [0, 0.05) is 41.1 Å². The van der Waals surface area contributed by atoms with Crippen molar-refractivity contribution in [2.24, 2.45) is 0 Å². The molecule has 0 amide bonds. The minimum Gasteiger partial charge on any atom is -0.494 e. The molecule has 5 aromatic carbocycles. The highest BCUT2D eigenvalue weighted by atomic mass is 19.1. The number of esters is 1. The fraction of sp³-hybridized carbons (Fsp3) is 0.180. The fourth-order valence-electron chi connectivity index (χ4n) is 7.74. The molecular formula is C50H45FN4O3. The van der Waals surface area contributed by atoms with E-state index in [4.69, 9.17) is 19.6 Å². The van der Waals surface area contributed by atoms with E-state index in [0.29, 0.717) is 19.6 Å². The molecule has 8 aromatic rings. The third kappa shape index (κ3) is 7.91. The van der Waals surface area contributed by atoms with Gasteiger partial charge in [0.1, 0.15) is 28.4 Å². The molecule has 0 aliphatic heterocycles. The van der Waals surface area contributed by atoms with E-state index in [1.54, 1.807) is 12.1 Å². The van der Waals surface area contributed by atoms with Crippen LogP contribution in [0.3, 0.4) is 0 Å². The lowest BCUT2D eigenvalue weighted by atomic mass is 9.77. The highest BCUT2D eigenvalue weighted by Gasteiger charge is 2.40. The van der Waals surface area contributed by atoms with E-state index in [2.05, 4.69) is 112 Å². The van der Waals surface area contributed by atoms with Crippen molar-refractivity contribution in [2.75, 3.05) is 13.2 Å². The van der Waals surface area contributed by atoms with Crippen LogP contribution in [0.25, 0.3) is 39.3 Å². The number of fused-ring (bicyclic) bond motifs is 1. The molecular weight excluding hydrogens is 724 g/mol. The summed E-state index contributed by atoms with van der Waals surface area (Å²) in [7, 11) is 0. The first kappa shape index (κ1) is 38.1. The molecule has 0 saturated carbocycles. The zero-order valence-corrected chi connectivity index (χ0v) is 32.5. The Kier molecular flexibility index (Phi) is 11.5. The van der Waals surface area contributed by atoms with Crippen LogP contribution in [0.2, 0.25) is 0 Å². The minimum absolute atomic E-state index is 0.126. The second-order valence-electron chi connectivity index (χ2n) is 14.3. The molecule has 3 heterocycles. The molecule has 0 bridgehead atoms. The quantitative estimate of drug-likeness (QED) is 0.0556. The molecule has 0 aliphatic carbocycles. The van der Waals surface area contributed by atoms with E-state index in [0.717, 1.165) is 87.4 Å². The van der Waals surface area contributed by atoms with Gasteiger partial charge in [-0.05, 0) is 97.1 Å². The molecule has 0 saturated heterocycles. The van der Waals surface area contributed by atoms with E-state index < -0.39 is 5.54 Å². The van der Waals surface area contributed by atoms with Gasteiger partial charge < -0.3 is 9.47 Å². The summed E-state index contributed by atoms with van der Waals surface area (Å²) in [5, 5.41) is 5.44. The smallest absolute Gasteiger partial charge is 0.305 e. The van der Waals surface area contributed by atoms with E-state index in [1.165, 1.54) is 12.1 Å². The number of halogens is 1. The molecule has 0 unspecified atom stereocenters. The van der Waals surface area contributed by atoms with Gasteiger partial charge in [0.2, 0.25) is 0 Å². The molecule has 0 atom stereocenters. The van der Waals surface area contributed by atoms with Gasteiger partial charge in [-0.1, -0.05) is 104 Å². The zero-order valence-electron chi connectivity index (χ0n) is 32.5. The van der Waals surface area contributed by atoms with Crippen molar-refractivity contribution in [3.05, 3.63) is 193 Å². The summed E-state index contributed by atoms with van der Waals surface area (Å²) < 4.78 is 29.6. The molecule has 0 spiro atoms. The summed E-state index contributed by atoms with van der Waals surface area (Å²) in [6.45, 7) is 2.87. The summed E-state index contributed by atoms with van der Waals surface area (Å²) >= 11 is 0. The average molecular weight is 769 g/mol. The van der Waals surface area contributed by atoms with Crippen molar-refractivity contribution < 1.29 is 18.7 Å². The summed E-state index contributed by atoms with van der Waals surface area (Å²) in [4.78, 5) is 16.3. The van der Waals surface area contributed by atoms with Gasteiger partial charge in [0.15, 0.2) is 0 Å². The number of carbonyl (C=O) groups excluding carboxylic acids is 1. The lowest BCUT2D eigenvalue weighted by Crippen LogP contribution is -2.38. The zero-order chi connectivity index (χ0) is 39.7. The molecule has 0 fully saturated rings. The van der Waals surface area contributed by atoms with Crippen molar-refractivity contribution in [3.63, 3.8) is 0 Å². The predicted molar refractivity (Wildman–Crippen MR) is 227 cm³/mol. The van der Waals surface area contributed by atoms with E-state index >= 15 is 0 Å². The van der Waals surface area contributed by atoms with Crippen molar-refractivity contribution in [3.8, 4) is 39.4 Å². The Balaban J connectivity index is 1.15. The summed E-state index contributed by atoms with van der Waals surface area (Å²) in [5.74, 6) is 0.375. The first-order valence-corrected chi connectivity index (χ1v) is 19.9. The van der Waals surface area contributed by atoms with Gasteiger partial charge in [-0.15, -0.1) is 0 Å². The molecule has 8 heteroatoms. The van der Waals surface area contributed by atoms with Crippen molar-refractivity contribution >= 4 is 11.6 Å². The monoisotopic (exact) mass is 768 g/mol. The largest absolute Gasteiger partial charge is 0.494 e. The Morgan fingerprint density at radius 3 is 1.86 bits per heavy atom. The van der Waals surface area contributed by atoms with Crippen LogP contribution in [-0.2, 0) is 15.1 Å². The van der Waals surface area contributed by atoms with Crippen molar-refractivity contribution in [1.82, 2.24) is 19.2 Å². The van der Waals surface area contributed by atoms with Crippen LogP contribution in [0.1, 0.15) is 55.7 Å². The number of ether oxygens (including phenoxy) is 2. The van der Waals surface area contributed by atoms with Crippen molar-refractivity contribution in [2.45, 2.75) is 44.6 Å². The van der Waals surface area contributed by atoms with Crippen LogP contribution in [0.4, 0.5) is 4.39 Å². The Hall–Kier alpha value is -6.80. The Morgan fingerprint density at radius 1 is 0.655 bits per heavy atom. The van der Waals surface area contributed by atoms with Crippen LogP contribution in [0, 0.1) is 5.82 Å². The van der Waals surface area contributed by atoms with Crippen LogP contribution in [0.15, 0.2) is 170 Å². The molecule has 290 valence electrons. The van der Waals surface area contributed by atoms with Crippen LogP contribution < -0.4 is 4.74 Å². The molecule has 7 nitrogen and oxygen atoms in total. The fourth-order valence-corrected chi connectivity index (χ4v) is 7.74. The van der Waals surface area contributed by atoms with Crippen LogP contribution in [0.5, 0.6) is 5.75 Å². The maximum Gasteiger partial charge on any atom is 0.305 e. The number of hydrogen-bond acceptors (Lipinski definition) is 5. The highest BCUT2D eigenvalue weighted by Crippen LogP contribution is 2.43. The van der Waals surface area contributed by atoms with Gasteiger partial charge in [-0.3, -0.25) is 13.9 Å². The number of carbonyl (C=O) groups is 1. The van der Waals surface area contributed by atoms with Gasteiger partial charge in [-0.2, -0.15) is 5.10 Å². The SMILES string of the molecule is CCOC(=O)CCCCCCOc1ccc(-c2cnc3ccc(-c4cn(C(c5ccccc5)(c5ccccc5)c5ccccc5)nc4-c4ccc(F)cc4)cn23)cc1. The summed E-state index contributed by atoms with van der Waals surface area (Å²) in [6.07, 6.45) is 10.3. The predicted octanol–water partition coefficient (Wildman–Crippen LogP) is 11.4. The Labute approximate surface area is 338 Å². The van der Waals surface area contributed by atoms with Gasteiger partial charge in [0.05, 0.1) is 25.1 Å². The van der Waals surface area contributed by atoms with Crippen molar-refractivity contribution in [1.29, 1.82) is 0 Å². The lowest BCUT2D eigenvalue weighted by molar-refractivity contribution is -0.143. The van der Waals surface area contributed by atoms with E-state index in [9.17, 15) is 9.18 Å². The van der Waals surface area contributed by atoms with Crippen LogP contribution >= 0.6 is 0 Å².